The first-order chi connectivity index (χ1) is 26.3. The second-order valence-electron chi connectivity index (χ2n) is 12.7. The van der Waals surface area contributed by atoms with Crippen LogP contribution in [0.4, 0.5) is 10.7 Å². The molecule has 0 bridgehead atoms. The van der Waals surface area contributed by atoms with Crippen molar-refractivity contribution in [2.75, 3.05) is 24.9 Å². The maximum Gasteiger partial charge on any atom is 0.341 e. The minimum absolute atomic E-state index is 0.0491. The number of rotatable bonds is 13. The highest BCUT2D eigenvalue weighted by Gasteiger charge is 2.31. The number of hydrogen-bond acceptors (Lipinski definition) is 8. The predicted molar refractivity (Wildman–Crippen MR) is 215 cm³/mol. The van der Waals surface area contributed by atoms with Crippen LogP contribution in [-0.4, -0.2) is 43.2 Å². The summed E-state index contributed by atoms with van der Waals surface area (Å²) in [7, 11) is 2.93. The zero-order valence-electron chi connectivity index (χ0n) is 30.2. The number of anilines is 2. The van der Waals surface area contributed by atoms with E-state index in [0.29, 0.717) is 45.5 Å². The minimum atomic E-state index is -0.520. The lowest BCUT2D eigenvalue weighted by molar-refractivity contribution is -0.116. The van der Waals surface area contributed by atoms with Crippen LogP contribution in [0.2, 0.25) is 0 Å². The molecule has 1 heterocycles. The van der Waals surface area contributed by atoms with Crippen molar-refractivity contribution >= 4 is 63.6 Å². The normalized spacial score (nSPS) is 14.3. The average molecular weight is 760 g/mol. The summed E-state index contributed by atoms with van der Waals surface area (Å²) in [6, 6.07) is 33.3. The summed E-state index contributed by atoms with van der Waals surface area (Å²) in [5.41, 5.74) is 4.30. The first-order valence-corrected chi connectivity index (χ1v) is 19.3. The van der Waals surface area contributed by atoms with Gasteiger partial charge in [0.1, 0.15) is 16.4 Å². The van der Waals surface area contributed by atoms with Gasteiger partial charge in [0, 0.05) is 21.0 Å². The number of fused-ring (bicyclic) bond motifs is 1. The molecule has 0 spiro atoms. The molecule has 3 N–H and O–H groups in total. The molecule has 11 heteroatoms. The fourth-order valence-corrected chi connectivity index (χ4v) is 8.67. The molecular weight excluding hydrogens is 719 g/mol. The van der Waals surface area contributed by atoms with Crippen LogP contribution in [0.3, 0.4) is 0 Å². The SMILES string of the molecule is CCC(Sc1cccc(NC(=O)/C(=C\c2ccc(OC)cc2)NC(=O)c2ccccc2)c1)C(=O)Nc1sc2c(c1C(=O)OC)CCC(c1ccccc1)C2. The van der Waals surface area contributed by atoms with E-state index in [-0.39, 0.29) is 11.6 Å². The molecule has 0 fully saturated rings. The first kappa shape index (κ1) is 38.1. The molecule has 0 saturated carbocycles. The summed E-state index contributed by atoms with van der Waals surface area (Å²) in [4.78, 5) is 55.4. The van der Waals surface area contributed by atoms with E-state index in [9.17, 15) is 19.2 Å². The molecular formula is C43H41N3O6S2. The molecule has 0 saturated heterocycles. The summed E-state index contributed by atoms with van der Waals surface area (Å²) in [6.07, 6.45) is 4.54. The summed E-state index contributed by atoms with van der Waals surface area (Å²) in [5, 5.41) is 8.75. The first-order valence-electron chi connectivity index (χ1n) is 17.6. The van der Waals surface area contributed by atoms with Gasteiger partial charge in [-0.15, -0.1) is 23.1 Å². The average Bonchev–Trinajstić information content (AvgIpc) is 3.57. The largest absolute Gasteiger partial charge is 0.497 e. The zero-order valence-corrected chi connectivity index (χ0v) is 31.9. The van der Waals surface area contributed by atoms with Crippen molar-refractivity contribution in [3.8, 4) is 5.75 Å². The van der Waals surface area contributed by atoms with Crippen LogP contribution in [0.25, 0.3) is 6.08 Å². The van der Waals surface area contributed by atoms with Crippen molar-refractivity contribution < 1.29 is 28.7 Å². The number of carbonyl (C=O) groups is 4. The van der Waals surface area contributed by atoms with Crippen molar-refractivity contribution in [2.45, 2.75) is 48.7 Å². The molecule has 5 aromatic rings. The lowest BCUT2D eigenvalue weighted by Gasteiger charge is -2.22. The van der Waals surface area contributed by atoms with Crippen LogP contribution in [-0.2, 0) is 27.2 Å². The Morgan fingerprint density at radius 1 is 0.889 bits per heavy atom. The molecule has 1 aromatic heterocycles. The molecule has 3 amide bonds. The minimum Gasteiger partial charge on any atom is -0.497 e. The summed E-state index contributed by atoms with van der Waals surface area (Å²) in [5.74, 6) is -0.625. The van der Waals surface area contributed by atoms with Gasteiger partial charge < -0.3 is 25.4 Å². The van der Waals surface area contributed by atoms with Gasteiger partial charge in [0.25, 0.3) is 11.8 Å². The number of thioether (sulfide) groups is 1. The Morgan fingerprint density at radius 3 is 2.30 bits per heavy atom. The summed E-state index contributed by atoms with van der Waals surface area (Å²) >= 11 is 2.81. The van der Waals surface area contributed by atoms with E-state index in [2.05, 4.69) is 28.1 Å². The maximum atomic E-state index is 13.8. The van der Waals surface area contributed by atoms with Crippen LogP contribution in [0, 0.1) is 0 Å². The van der Waals surface area contributed by atoms with Crippen LogP contribution < -0.4 is 20.7 Å². The number of methoxy groups -OCH3 is 2. The zero-order chi connectivity index (χ0) is 38.0. The number of benzene rings is 4. The molecule has 2 unspecified atom stereocenters. The third kappa shape index (κ3) is 9.28. The fourth-order valence-electron chi connectivity index (χ4n) is 6.34. The van der Waals surface area contributed by atoms with E-state index >= 15 is 0 Å². The van der Waals surface area contributed by atoms with Gasteiger partial charge in [0.05, 0.1) is 25.0 Å². The van der Waals surface area contributed by atoms with Crippen molar-refractivity contribution in [3.05, 3.63) is 148 Å². The standard InChI is InChI=1S/C43H41N3O6S2/c1-4-36(41(49)46-42-38(43(50)52-3)34-23-20-30(25-37(34)54-42)28-12-7-5-8-13-28)53-33-17-11-16-31(26-33)44-40(48)35(24-27-18-21-32(51-2)22-19-27)45-39(47)29-14-9-6-10-15-29/h5-19,21-22,24,26,30,36H,4,20,23,25H2,1-3H3,(H,44,48)(H,45,47)(H,46,49)/b35-24+. The lowest BCUT2D eigenvalue weighted by atomic mass is 9.83. The van der Waals surface area contributed by atoms with Gasteiger partial charge in [-0.25, -0.2) is 4.79 Å². The number of ether oxygens (including phenoxy) is 2. The molecule has 0 radical (unpaired) electrons. The van der Waals surface area contributed by atoms with Crippen LogP contribution in [0.5, 0.6) is 5.75 Å². The number of thiophene rings is 1. The monoisotopic (exact) mass is 759 g/mol. The smallest absolute Gasteiger partial charge is 0.341 e. The third-order valence-corrected chi connectivity index (χ3v) is 11.7. The second-order valence-corrected chi connectivity index (χ2v) is 15.1. The molecule has 2 atom stereocenters. The molecule has 0 aliphatic heterocycles. The molecule has 6 rings (SSSR count). The number of carbonyl (C=O) groups excluding carboxylic acids is 4. The van der Waals surface area contributed by atoms with Gasteiger partial charge >= 0.3 is 5.97 Å². The van der Waals surface area contributed by atoms with Gasteiger partial charge in [-0.2, -0.15) is 0 Å². The molecule has 1 aliphatic carbocycles. The quantitative estimate of drug-likeness (QED) is 0.0624. The van der Waals surface area contributed by atoms with Crippen LogP contribution in [0.15, 0.2) is 120 Å². The molecule has 276 valence electrons. The van der Waals surface area contributed by atoms with Gasteiger partial charge in [-0.1, -0.05) is 73.7 Å². The van der Waals surface area contributed by atoms with E-state index in [1.165, 1.54) is 35.8 Å². The van der Waals surface area contributed by atoms with Crippen molar-refractivity contribution in [3.63, 3.8) is 0 Å². The van der Waals surface area contributed by atoms with Gasteiger partial charge in [0.15, 0.2) is 0 Å². The highest BCUT2D eigenvalue weighted by molar-refractivity contribution is 8.00. The Hall–Kier alpha value is -5.65. The highest BCUT2D eigenvalue weighted by Crippen LogP contribution is 2.43. The fraction of sp³-hybridized carbons (Fsp3) is 0.209. The number of nitrogens with one attached hydrogen (secondary N) is 3. The number of hydrogen-bond donors (Lipinski definition) is 3. The predicted octanol–water partition coefficient (Wildman–Crippen LogP) is 8.73. The highest BCUT2D eigenvalue weighted by atomic mass is 32.2. The topological polar surface area (TPSA) is 123 Å². The van der Waals surface area contributed by atoms with Crippen molar-refractivity contribution in [2.24, 2.45) is 0 Å². The molecule has 4 aromatic carbocycles. The van der Waals surface area contributed by atoms with Gasteiger partial charge in [0.2, 0.25) is 5.91 Å². The summed E-state index contributed by atoms with van der Waals surface area (Å²) in [6.45, 7) is 1.93. The van der Waals surface area contributed by atoms with E-state index in [4.69, 9.17) is 9.47 Å². The Morgan fingerprint density at radius 2 is 1.61 bits per heavy atom. The lowest BCUT2D eigenvalue weighted by Crippen LogP contribution is -2.30. The van der Waals surface area contributed by atoms with Crippen molar-refractivity contribution in [1.29, 1.82) is 0 Å². The van der Waals surface area contributed by atoms with E-state index in [1.54, 1.807) is 79.9 Å². The molecule has 1 aliphatic rings. The van der Waals surface area contributed by atoms with Crippen LogP contribution in [0.1, 0.15) is 68.0 Å². The molecule has 54 heavy (non-hydrogen) atoms. The number of esters is 1. The van der Waals surface area contributed by atoms with Crippen molar-refractivity contribution in [1.82, 2.24) is 5.32 Å². The Balaban J connectivity index is 1.17. The van der Waals surface area contributed by atoms with Gasteiger partial charge in [-0.05, 0) is 96.8 Å². The number of amides is 3. The van der Waals surface area contributed by atoms with E-state index < -0.39 is 23.0 Å². The van der Waals surface area contributed by atoms with Crippen LogP contribution >= 0.6 is 23.1 Å². The summed E-state index contributed by atoms with van der Waals surface area (Å²) < 4.78 is 10.4. The van der Waals surface area contributed by atoms with Gasteiger partial charge in [-0.3, -0.25) is 14.4 Å². The third-order valence-electron chi connectivity index (χ3n) is 9.15. The molecule has 9 nitrogen and oxygen atoms in total. The Labute approximate surface area is 323 Å². The maximum absolute atomic E-state index is 13.8. The van der Waals surface area contributed by atoms with E-state index in [1.807, 2.05) is 37.3 Å². The Kier molecular flexibility index (Phi) is 12.6. The van der Waals surface area contributed by atoms with E-state index in [0.717, 1.165) is 34.6 Å². The second kappa shape index (κ2) is 17.9. The Bertz CT molecular complexity index is 2150.